The van der Waals surface area contributed by atoms with Crippen LogP contribution < -0.4 is 5.32 Å². The van der Waals surface area contributed by atoms with E-state index in [0.717, 1.165) is 31.9 Å². The number of hydrogen-bond acceptors (Lipinski definition) is 3. The van der Waals surface area contributed by atoms with E-state index in [9.17, 15) is 0 Å². The summed E-state index contributed by atoms with van der Waals surface area (Å²) in [6.07, 6.45) is 3.95. The van der Waals surface area contributed by atoms with Crippen molar-refractivity contribution in [3.8, 4) is 0 Å². The Morgan fingerprint density at radius 3 is 3.07 bits per heavy atom. The fraction of sp³-hybridized carbons (Fsp3) is 0.636. The molecule has 0 unspecified atom stereocenters. The zero-order chi connectivity index (χ0) is 10.1. The van der Waals surface area contributed by atoms with E-state index in [-0.39, 0.29) is 0 Å². The Morgan fingerprint density at radius 1 is 1.43 bits per heavy atom. The lowest BCUT2D eigenvalue weighted by molar-refractivity contribution is 0.103. The second-order valence-electron chi connectivity index (χ2n) is 3.19. The summed E-state index contributed by atoms with van der Waals surface area (Å²) in [5.74, 6) is 0.900. The third-order valence-electron chi connectivity index (χ3n) is 1.97. The molecule has 0 bridgehead atoms. The highest BCUT2D eigenvalue weighted by Crippen LogP contribution is 2.02. The Balaban J connectivity index is 1.85. The summed E-state index contributed by atoms with van der Waals surface area (Å²) in [7, 11) is 0. The van der Waals surface area contributed by atoms with Crippen LogP contribution in [-0.2, 0) is 11.3 Å². The summed E-state index contributed by atoms with van der Waals surface area (Å²) < 4.78 is 10.6. The molecule has 0 amide bonds. The van der Waals surface area contributed by atoms with Gasteiger partial charge in [-0.25, -0.2) is 0 Å². The summed E-state index contributed by atoms with van der Waals surface area (Å²) in [6.45, 7) is 5.65. The molecule has 0 aromatic carbocycles. The predicted molar refractivity (Wildman–Crippen MR) is 56.1 cm³/mol. The number of unbranched alkanes of at least 4 members (excludes halogenated alkanes) is 1. The van der Waals surface area contributed by atoms with E-state index >= 15 is 0 Å². The lowest BCUT2D eigenvalue weighted by Gasteiger charge is -2.02. The molecule has 3 heteroatoms. The molecule has 0 aliphatic heterocycles. The quantitative estimate of drug-likeness (QED) is 0.649. The van der Waals surface area contributed by atoms with Gasteiger partial charge in [-0.1, -0.05) is 6.92 Å². The number of nitrogens with one attached hydrogen (secondary N) is 1. The maximum absolute atomic E-state index is 5.44. The lowest BCUT2D eigenvalue weighted by Crippen LogP contribution is -2.14. The van der Waals surface area contributed by atoms with Crippen LogP contribution in [0.5, 0.6) is 0 Å². The standard InChI is InChI=1S/C11H19NO2/c1-2-12-7-3-4-8-13-10-11-6-5-9-14-11/h5-6,9,12H,2-4,7-8,10H2,1H3. The second-order valence-corrected chi connectivity index (χ2v) is 3.19. The SMILES string of the molecule is CCNCCCCOCc1ccco1. The van der Waals surface area contributed by atoms with E-state index < -0.39 is 0 Å². The molecule has 0 aliphatic carbocycles. The topological polar surface area (TPSA) is 34.4 Å². The molecule has 0 aliphatic rings. The molecule has 14 heavy (non-hydrogen) atoms. The van der Waals surface area contributed by atoms with E-state index in [1.165, 1.54) is 6.42 Å². The van der Waals surface area contributed by atoms with Crippen molar-refractivity contribution in [2.75, 3.05) is 19.7 Å². The van der Waals surface area contributed by atoms with Gasteiger partial charge in [-0.05, 0) is 38.1 Å². The highest BCUT2D eigenvalue weighted by molar-refractivity contribution is 4.95. The van der Waals surface area contributed by atoms with E-state index in [0.29, 0.717) is 6.61 Å². The van der Waals surface area contributed by atoms with Gasteiger partial charge in [0, 0.05) is 6.61 Å². The number of ether oxygens (including phenoxy) is 1. The van der Waals surface area contributed by atoms with Crippen molar-refractivity contribution in [2.24, 2.45) is 0 Å². The highest BCUT2D eigenvalue weighted by atomic mass is 16.5. The molecule has 0 saturated heterocycles. The number of rotatable bonds is 8. The molecule has 80 valence electrons. The molecule has 1 aromatic rings. The Bertz CT molecular complexity index is 209. The summed E-state index contributed by atoms with van der Waals surface area (Å²) >= 11 is 0. The molecule has 0 spiro atoms. The van der Waals surface area contributed by atoms with Crippen LogP contribution in [0, 0.1) is 0 Å². The first kappa shape index (κ1) is 11.3. The van der Waals surface area contributed by atoms with Crippen molar-refractivity contribution in [3.05, 3.63) is 24.2 Å². The Kier molecular flexibility index (Phi) is 6.11. The van der Waals surface area contributed by atoms with Crippen LogP contribution in [0.4, 0.5) is 0 Å². The minimum atomic E-state index is 0.591. The summed E-state index contributed by atoms with van der Waals surface area (Å²) in [5, 5.41) is 3.28. The van der Waals surface area contributed by atoms with Gasteiger partial charge in [0.15, 0.2) is 0 Å². The van der Waals surface area contributed by atoms with Gasteiger partial charge in [-0.15, -0.1) is 0 Å². The predicted octanol–water partition coefficient (Wildman–Crippen LogP) is 2.19. The van der Waals surface area contributed by atoms with Crippen LogP contribution in [0.1, 0.15) is 25.5 Å². The van der Waals surface area contributed by atoms with Crippen LogP contribution in [-0.4, -0.2) is 19.7 Å². The third-order valence-corrected chi connectivity index (χ3v) is 1.97. The van der Waals surface area contributed by atoms with Crippen molar-refractivity contribution in [1.29, 1.82) is 0 Å². The Labute approximate surface area is 85.4 Å². The van der Waals surface area contributed by atoms with Gasteiger partial charge in [0.1, 0.15) is 12.4 Å². The van der Waals surface area contributed by atoms with Crippen LogP contribution in [0.25, 0.3) is 0 Å². The van der Waals surface area contributed by atoms with Crippen molar-refractivity contribution in [3.63, 3.8) is 0 Å². The van der Waals surface area contributed by atoms with Crippen molar-refractivity contribution >= 4 is 0 Å². The Morgan fingerprint density at radius 2 is 2.36 bits per heavy atom. The maximum atomic E-state index is 5.44. The second kappa shape index (κ2) is 7.59. The minimum Gasteiger partial charge on any atom is -0.467 e. The van der Waals surface area contributed by atoms with Crippen molar-refractivity contribution in [1.82, 2.24) is 5.32 Å². The molecule has 0 saturated carbocycles. The van der Waals surface area contributed by atoms with Crippen molar-refractivity contribution in [2.45, 2.75) is 26.4 Å². The van der Waals surface area contributed by atoms with E-state index in [1.807, 2.05) is 12.1 Å². The molecular formula is C11H19NO2. The molecular weight excluding hydrogens is 178 g/mol. The van der Waals surface area contributed by atoms with E-state index in [4.69, 9.17) is 9.15 Å². The number of hydrogen-bond donors (Lipinski definition) is 1. The molecule has 1 N–H and O–H groups in total. The van der Waals surface area contributed by atoms with Gasteiger partial charge < -0.3 is 14.5 Å². The molecule has 1 aromatic heterocycles. The molecule has 0 atom stereocenters. The summed E-state index contributed by atoms with van der Waals surface area (Å²) in [4.78, 5) is 0. The molecule has 0 radical (unpaired) electrons. The third kappa shape index (κ3) is 5.04. The summed E-state index contributed by atoms with van der Waals surface area (Å²) in [5.41, 5.74) is 0. The highest BCUT2D eigenvalue weighted by Gasteiger charge is 1.94. The minimum absolute atomic E-state index is 0.591. The van der Waals surface area contributed by atoms with E-state index in [1.54, 1.807) is 6.26 Å². The van der Waals surface area contributed by atoms with Crippen molar-refractivity contribution < 1.29 is 9.15 Å². The zero-order valence-corrected chi connectivity index (χ0v) is 8.79. The molecule has 1 heterocycles. The fourth-order valence-corrected chi connectivity index (χ4v) is 1.20. The fourth-order valence-electron chi connectivity index (χ4n) is 1.20. The average Bonchev–Trinajstić information content (AvgIpc) is 2.69. The molecule has 3 nitrogen and oxygen atoms in total. The molecule has 1 rings (SSSR count). The first-order valence-electron chi connectivity index (χ1n) is 5.24. The lowest BCUT2D eigenvalue weighted by atomic mass is 10.3. The van der Waals surface area contributed by atoms with Gasteiger partial charge >= 0.3 is 0 Å². The monoisotopic (exact) mass is 197 g/mol. The van der Waals surface area contributed by atoms with Gasteiger partial charge in [-0.2, -0.15) is 0 Å². The van der Waals surface area contributed by atoms with Crippen LogP contribution in [0.3, 0.4) is 0 Å². The smallest absolute Gasteiger partial charge is 0.129 e. The van der Waals surface area contributed by atoms with Gasteiger partial charge in [0.25, 0.3) is 0 Å². The maximum Gasteiger partial charge on any atom is 0.129 e. The molecule has 0 fully saturated rings. The first-order chi connectivity index (χ1) is 6.93. The van der Waals surface area contributed by atoms with Crippen LogP contribution >= 0.6 is 0 Å². The van der Waals surface area contributed by atoms with Crippen LogP contribution in [0.15, 0.2) is 22.8 Å². The van der Waals surface area contributed by atoms with Crippen LogP contribution in [0.2, 0.25) is 0 Å². The summed E-state index contributed by atoms with van der Waals surface area (Å²) in [6, 6.07) is 3.81. The zero-order valence-electron chi connectivity index (χ0n) is 8.79. The van der Waals surface area contributed by atoms with Gasteiger partial charge in [0.2, 0.25) is 0 Å². The van der Waals surface area contributed by atoms with E-state index in [2.05, 4.69) is 12.2 Å². The Hall–Kier alpha value is -0.800. The normalized spacial score (nSPS) is 10.6. The first-order valence-corrected chi connectivity index (χ1v) is 5.24. The average molecular weight is 197 g/mol. The number of furan rings is 1. The van der Waals surface area contributed by atoms with Gasteiger partial charge in [0.05, 0.1) is 6.26 Å². The largest absolute Gasteiger partial charge is 0.467 e. The van der Waals surface area contributed by atoms with Gasteiger partial charge in [-0.3, -0.25) is 0 Å².